The van der Waals surface area contributed by atoms with Gasteiger partial charge in [0, 0.05) is 24.7 Å². The Morgan fingerprint density at radius 1 is 1.21 bits per heavy atom. The summed E-state index contributed by atoms with van der Waals surface area (Å²) in [4.78, 5) is 14.6. The minimum atomic E-state index is 0.0818. The average Bonchev–Trinajstić information content (AvgIpc) is 2.92. The molecule has 0 unspecified atom stereocenters. The van der Waals surface area contributed by atoms with Crippen LogP contribution in [0.4, 0.5) is 0 Å². The number of amides is 1. The Balaban J connectivity index is 1.65. The summed E-state index contributed by atoms with van der Waals surface area (Å²) in [5.74, 6) is 1.45. The van der Waals surface area contributed by atoms with Crippen LogP contribution in [0.5, 0.6) is 0 Å². The van der Waals surface area contributed by atoms with Crippen molar-refractivity contribution < 1.29 is 4.79 Å². The molecule has 1 amide bonds. The van der Waals surface area contributed by atoms with E-state index >= 15 is 0 Å². The van der Waals surface area contributed by atoms with Crippen molar-refractivity contribution in [2.75, 3.05) is 5.75 Å². The summed E-state index contributed by atoms with van der Waals surface area (Å²) in [6.45, 7) is 2.67. The van der Waals surface area contributed by atoms with E-state index in [4.69, 9.17) is 0 Å². The molecule has 0 aliphatic heterocycles. The first-order valence-corrected chi connectivity index (χ1v) is 7.41. The number of rotatable bonds is 6. The molecule has 1 aromatic carbocycles. The highest BCUT2D eigenvalue weighted by atomic mass is 32.2. The Morgan fingerprint density at radius 3 is 2.68 bits per heavy atom. The Hall–Kier alpha value is -1.68. The van der Waals surface area contributed by atoms with E-state index in [1.807, 2.05) is 18.5 Å². The van der Waals surface area contributed by atoms with Crippen molar-refractivity contribution in [1.82, 2.24) is 10.3 Å². The summed E-state index contributed by atoms with van der Waals surface area (Å²) < 4.78 is 0. The van der Waals surface area contributed by atoms with Crippen molar-refractivity contribution in [3.05, 3.63) is 59.4 Å². The molecule has 2 rings (SSSR count). The van der Waals surface area contributed by atoms with E-state index in [0.29, 0.717) is 12.3 Å². The molecule has 4 heteroatoms. The summed E-state index contributed by atoms with van der Waals surface area (Å²) in [7, 11) is 0. The van der Waals surface area contributed by atoms with Crippen LogP contribution in [-0.2, 0) is 17.1 Å². The first-order valence-electron chi connectivity index (χ1n) is 6.26. The summed E-state index contributed by atoms with van der Waals surface area (Å²) in [5, 5.41) is 2.90. The van der Waals surface area contributed by atoms with Gasteiger partial charge in [-0.25, -0.2) is 0 Å². The number of H-pyrrole nitrogens is 1. The largest absolute Gasteiger partial charge is 0.367 e. The van der Waals surface area contributed by atoms with Gasteiger partial charge >= 0.3 is 0 Å². The topological polar surface area (TPSA) is 44.9 Å². The highest BCUT2D eigenvalue weighted by molar-refractivity contribution is 7.99. The van der Waals surface area contributed by atoms with Crippen molar-refractivity contribution >= 4 is 17.7 Å². The number of aromatic nitrogens is 1. The summed E-state index contributed by atoms with van der Waals surface area (Å²) >= 11 is 1.64. The quantitative estimate of drug-likeness (QED) is 0.850. The molecule has 0 bridgehead atoms. The van der Waals surface area contributed by atoms with Gasteiger partial charge in [0.15, 0.2) is 0 Å². The zero-order valence-electron chi connectivity index (χ0n) is 11.0. The van der Waals surface area contributed by atoms with Crippen LogP contribution in [0.3, 0.4) is 0 Å². The van der Waals surface area contributed by atoms with Crippen LogP contribution in [0.1, 0.15) is 16.7 Å². The van der Waals surface area contributed by atoms with E-state index in [1.54, 1.807) is 11.8 Å². The van der Waals surface area contributed by atoms with Crippen LogP contribution < -0.4 is 5.32 Å². The standard InChI is InChI=1S/C15H18N2OS/c1-12-2-4-13(5-3-12)10-19-11-15(18)17-9-14-6-7-16-8-14/h2-8,16H,9-11H2,1H3,(H,17,18). The van der Waals surface area contributed by atoms with Crippen molar-refractivity contribution in [1.29, 1.82) is 0 Å². The molecular formula is C15H18N2OS. The second-order valence-electron chi connectivity index (χ2n) is 4.47. The Morgan fingerprint density at radius 2 is 2.00 bits per heavy atom. The first kappa shape index (κ1) is 13.7. The fourth-order valence-corrected chi connectivity index (χ4v) is 2.48. The van der Waals surface area contributed by atoms with Crippen molar-refractivity contribution in [2.24, 2.45) is 0 Å². The lowest BCUT2D eigenvalue weighted by Crippen LogP contribution is -2.24. The lowest BCUT2D eigenvalue weighted by molar-refractivity contribution is -0.118. The third-order valence-electron chi connectivity index (χ3n) is 2.77. The van der Waals surface area contributed by atoms with Gasteiger partial charge in [-0.3, -0.25) is 4.79 Å². The SMILES string of the molecule is Cc1ccc(CSCC(=O)NCc2cc[nH]c2)cc1. The zero-order valence-corrected chi connectivity index (χ0v) is 11.8. The maximum Gasteiger partial charge on any atom is 0.230 e. The Labute approximate surface area is 117 Å². The molecular weight excluding hydrogens is 256 g/mol. The molecule has 19 heavy (non-hydrogen) atoms. The summed E-state index contributed by atoms with van der Waals surface area (Å²) in [6.07, 6.45) is 3.74. The zero-order chi connectivity index (χ0) is 13.5. The molecule has 3 nitrogen and oxygen atoms in total. The number of thioether (sulfide) groups is 1. The maximum atomic E-state index is 11.6. The number of carbonyl (C=O) groups excluding carboxylic acids is 1. The Kier molecular flexibility index (Phi) is 5.10. The first-order chi connectivity index (χ1) is 9.24. The second-order valence-corrected chi connectivity index (χ2v) is 5.46. The molecule has 0 saturated carbocycles. The number of nitrogens with one attached hydrogen (secondary N) is 2. The van der Waals surface area contributed by atoms with Crippen LogP contribution in [-0.4, -0.2) is 16.6 Å². The molecule has 2 aromatic rings. The van der Waals surface area contributed by atoms with Gasteiger partial charge in [0.05, 0.1) is 5.75 Å². The van der Waals surface area contributed by atoms with Crippen LogP contribution in [0.2, 0.25) is 0 Å². The summed E-state index contributed by atoms with van der Waals surface area (Å²) in [6, 6.07) is 10.4. The molecule has 0 atom stereocenters. The number of aromatic amines is 1. The van der Waals surface area contributed by atoms with Crippen LogP contribution in [0.25, 0.3) is 0 Å². The van der Waals surface area contributed by atoms with Gasteiger partial charge in [0.2, 0.25) is 5.91 Å². The number of benzene rings is 1. The molecule has 0 saturated heterocycles. The molecule has 0 fully saturated rings. The van der Waals surface area contributed by atoms with E-state index in [2.05, 4.69) is 41.5 Å². The number of aryl methyl sites for hydroxylation is 1. The van der Waals surface area contributed by atoms with Gasteiger partial charge in [-0.2, -0.15) is 0 Å². The van der Waals surface area contributed by atoms with E-state index in [-0.39, 0.29) is 5.91 Å². The normalized spacial score (nSPS) is 10.4. The van der Waals surface area contributed by atoms with Gasteiger partial charge in [-0.1, -0.05) is 29.8 Å². The smallest absolute Gasteiger partial charge is 0.230 e. The predicted molar refractivity (Wildman–Crippen MR) is 80.0 cm³/mol. The fourth-order valence-electron chi connectivity index (χ4n) is 1.67. The van der Waals surface area contributed by atoms with Crippen LogP contribution in [0, 0.1) is 6.92 Å². The highest BCUT2D eigenvalue weighted by Gasteiger charge is 2.02. The van der Waals surface area contributed by atoms with E-state index in [0.717, 1.165) is 11.3 Å². The van der Waals surface area contributed by atoms with Gasteiger partial charge in [0.1, 0.15) is 0 Å². The lowest BCUT2D eigenvalue weighted by atomic mass is 10.2. The minimum Gasteiger partial charge on any atom is -0.367 e. The van der Waals surface area contributed by atoms with Crippen molar-refractivity contribution in [2.45, 2.75) is 19.2 Å². The van der Waals surface area contributed by atoms with E-state index < -0.39 is 0 Å². The minimum absolute atomic E-state index is 0.0818. The lowest BCUT2D eigenvalue weighted by Gasteiger charge is -2.04. The number of hydrogen-bond donors (Lipinski definition) is 2. The third-order valence-corrected chi connectivity index (χ3v) is 3.78. The van der Waals surface area contributed by atoms with Gasteiger partial charge in [-0.05, 0) is 24.1 Å². The molecule has 0 aliphatic carbocycles. The van der Waals surface area contributed by atoms with E-state index in [1.165, 1.54) is 11.1 Å². The maximum absolute atomic E-state index is 11.6. The monoisotopic (exact) mass is 274 g/mol. The van der Waals surface area contributed by atoms with Crippen LogP contribution >= 0.6 is 11.8 Å². The number of hydrogen-bond acceptors (Lipinski definition) is 2. The molecule has 2 N–H and O–H groups in total. The molecule has 0 spiro atoms. The second kappa shape index (κ2) is 7.04. The van der Waals surface area contributed by atoms with Crippen LogP contribution in [0.15, 0.2) is 42.7 Å². The summed E-state index contributed by atoms with van der Waals surface area (Å²) in [5.41, 5.74) is 3.61. The highest BCUT2D eigenvalue weighted by Crippen LogP contribution is 2.12. The van der Waals surface area contributed by atoms with Crippen molar-refractivity contribution in [3.8, 4) is 0 Å². The van der Waals surface area contributed by atoms with Gasteiger partial charge in [0.25, 0.3) is 0 Å². The molecule has 100 valence electrons. The predicted octanol–water partition coefficient (Wildman–Crippen LogP) is 2.87. The third kappa shape index (κ3) is 4.83. The number of carbonyl (C=O) groups is 1. The average molecular weight is 274 g/mol. The van der Waals surface area contributed by atoms with Crippen molar-refractivity contribution in [3.63, 3.8) is 0 Å². The Bertz CT molecular complexity index is 505. The molecule has 0 radical (unpaired) electrons. The van der Waals surface area contributed by atoms with Gasteiger partial charge < -0.3 is 10.3 Å². The molecule has 0 aliphatic rings. The molecule has 1 aromatic heterocycles. The molecule has 1 heterocycles. The van der Waals surface area contributed by atoms with E-state index in [9.17, 15) is 4.79 Å². The van der Waals surface area contributed by atoms with Gasteiger partial charge in [-0.15, -0.1) is 11.8 Å². The fraction of sp³-hybridized carbons (Fsp3) is 0.267.